The first-order chi connectivity index (χ1) is 10.3. The van der Waals surface area contributed by atoms with E-state index in [1.807, 2.05) is 42.5 Å². The lowest BCUT2D eigenvalue weighted by Crippen LogP contribution is -2.11. The first kappa shape index (κ1) is 15.7. The molecule has 0 radical (unpaired) electrons. The van der Waals surface area contributed by atoms with Crippen LogP contribution in [0.15, 0.2) is 46.9 Å². The molecule has 2 aromatic rings. The molecule has 0 fully saturated rings. The molecule has 0 aliphatic rings. The van der Waals surface area contributed by atoms with E-state index in [0.29, 0.717) is 31.3 Å². The van der Waals surface area contributed by atoms with Crippen LogP contribution in [0.25, 0.3) is 0 Å². The number of para-hydroxylation sites is 3. The number of rotatable bonds is 7. The van der Waals surface area contributed by atoms with Crippen LogP contribution in [0, 0.1) is 0 Å². The van der Waals surface area contributed by atoms with Gasteiger partial charge >= 0.3 is 0 Å². The van der Waals surface area contributed by atoms with Gasteiger partial charge in [0, 0.05) is 12.1 Å². The average Bonchev–Trinajstić information content (AvgIpc) is 2.52. The quantitative estimate of drug-likeness (QED) is 0.777. The summed E-state index contributed by atoms with van der Waals surface area (Å²) in [5, 5.41) is 0. The lowest BCUT2D eigenvalue weighted by atomic mass is 10.2. The summed E-state index contributed by atoms with van der Waals surface area (Å²) in [4.78, 5) is 0. The van der Waals surface area contributed by atoms with Crippen molar-refractivity contribution in [2.45, 2.75) is 6.54 Å². The van der Waals surface area contributed by atoms with E-state index in [4.69, 9.17) is 19.9 Å². The van der Waals surface area contributed by atoms with Crippen molar-refractivity contribution in [1.29, 1.82) is 0 Å². The average molecular weight is 352 g/mol. The fraction of sp³-hybridized carbons (Fsp3) is 0.250. The number of methoxy groups -OCH3 is 1. The SMILES string of the molecule is COc1ccccc1OCCOc1c(Br)cccc1CN. The highest BCUT2D eigenvalue weighted by Crippen LogP contribution is 2.29. The highest BCUT2D eigenvalue weighted by Gasteiger charge is 2.07. The number of hydrogen-bond donors (Lipinski definition) is 1. The smallest absolute Gasteiger partial charge is 0.161 e. The Morgan fingerprint density at radius 2 is 1.67 bits per heavy atom. The van der Waals surface area contributed by atoms with Gasteiger partial charge in [0.25, 0.3) is 0 Å². The van der Waals surface area contributed by atoms with Crippen LogP contribution in [-0.2, 0) is 6.54 Å². The molecule has 0 unspecified atom stereocenters. The number of halogens is 1. The van der Waals surface area contributed by atoms with Crippen LogP contribution in [0.5, 0.6) is 17.2 Å². The van der Waals surface area contributed by atoms with Gasteiger partial charge in [0.2, 0.25) is 0 Å². The summed E-state index contributed by atoms with van der Waals surface area (Å²) in [5.41, 5.74) is 6.66. The van der Waals surface area contributed by atoms with Crippen molar-refractivity contribution < 1.29 is 14.2 Å². The first-order valence-corrected chi connectivity index (χ1v) is 7.41. The minimum absolute atomic E-state index is 0.422. The summed E-state index contributed by atoms with van der Waals surface area (Å²) >= 11 is 3.47. The Balaban J connectivity index is 1.91. The lowest BCUT2D eigenvalue weighted by molar-refractivity contribution is 0.209. The maximum absolute atomic E-state index is 5.76. The molecule has 0 spiro atoms. The molecule has 112 valence electrons. The van der Waals surface area contributed by atoms with Gasteiger partial charge in [-0.2, -0.15) is 0 Å². The van der Waals surface area contributed by atoms with Gasteiger partial charge in [0.1, 0.15) is 19.0 Å². The molecule has 0 amide bonds. The third-order valence-electron chi connectivity index (χ3n) is 2.92. The molecule has 2 rings (SSSR count). The topological polar surface area (TPSA) is 53.7 Å². The molecule has 5 heteroatoms. The van der Waals surface area contributed by atoms with E-state index in [1.165, 1.54) is 0 Å². The predicted octanol–water partition coefficient (Wildman–Crippen LogP) is 3.37. The second kappa shape index (κ2) is 7.90. The fourth-order valence-corrected chi connectivity index (χ4v) is 2.43. The molecule has 0 bridgehead atoms. The highest BCUT2D eigenvalue weighted by atomic mass is 79.9. The molecular weight excluding hydrogens is 334 g/mol. The molecule has 0 heterocycles. The van der Waals surface area contributed by atoms with E-state index in [2.05, 4.69) is 15.9 Å². The van der Waals surface area contributed by atoms with Gasteiger partial charge in [-0.15, -0.1) is 0 Å². The zero-order valence-corrected chi connectivity index (χ0v) is 13.4. The molecule has 4 nitrogen and oxygen atoms in total. The van der Waals surface area contributed by atoms with Crippen molar-refractivity contribution >= 4 is 15.9 Å². The van der Waals surface area contributed by atoms with Crippen molar-refractivity contribution in [2.75, 3.05) is 20.3 Å². The predicted molar refractivity (Wildman–Crippen MR) is 86.0 cm³/mol. The maximum atomic E-state index is 5.76. The molecule has 0 atom stereocenters. The van der Waals surface area contributed by atoms with E-state index >= 15 is 0 Å². The normalized spacial score (nSPS) is 10.2. The monoisotopic (exact) mass is 351 g/mol. The second-order valence-corrected chi connectivity index (χ2v) is 5.13. The zero-order chi connectivity index (χ0) is 15.1. The van der Waals surface area contributed by atoms with Gasteiger partial charge in [-0.05, 0) is 34.1 Å². The van der Waals surface area contributed by atoms with E-state index < -0.39 is 0 Å². The van der Waals surface area contributed by atoms with Crippen LogP contribution in [0.2, 0.25) is 0 Å². The standard InChI is InChI=1S/C16H18BrNO3/c1-19-14-7-2-3-8-15(14)20-9-10-21-16-12(11-18)5-4-6-13(16)17/h2-8H,9-11,18H2,1H3. The molecule has 2 N–H and O–H groups in total. The lowest BCUT2D eigenvalue weighted by Gasteiger charge is -2.14. The summed E-state index contributed by atoms with van der Waals surface area (Å²) in [6, 6.07) is 13.3. The number of nitrogens with two attached hydrogens (primary N) is 1. The molecule has 2 aromatic carbocycles. The van der Waals surface area contributed by atoms with Gasteiger partial charge in [-0.25, -0.2) is 0 Å². The van der Waals surface area contributed by atoms with Crippen molar-refractivity contribution in [3.63, 3.8) is 0 Å². The second-order valence-electron chi connectivity index (χ2n) is 4.28. The fourth-order valence-electron chi connectivity index (χ4n) is 1.91. The molecule has 0 aliphatic heterocycles. The Morgan fingerprint density at radius 3 is 2.38 bits per heavy atom. The van der Waals surface area contributed by atoms with Crippen molar-refractivity contribution in [2.24, 2.45) is 5.73 Å². The Morgan fingerprint density at radius 1 is 0.952 bits per heavy atom. The van der Waals surface area contributed by atoms with Gasteiger partial charge in [-0.3, -0.25) is 0 Å². The van der Waals surface area contributed by atoms with E-state index in [-0.39, 0.29) is 0 Å². The number of ether oxygens (including phenoxy) is 3. The summed E-state index contributed by atoms with van der Waals surface area (Å²) in [7, 11) is 1.62. The third-order valence-corrected chi connectivity index (χ3v) is 3.55. The van der Waals surface area contributed by atoms with Gasteiger partial charge < -0.3 is 19.9 Å². The minimum Gasteiger partial charge on any atom is -0.493 e. The van der Waals surface area contributed by atoms with Crippen molar-refractivity contribution in [3.05, 3.63) is 52.5 Å². The van der Waals surface area contributed by atoms with Crippen molar-refractivity contribution in [1.82, 2.24) is 0 Å². The Kier molecular flexibility index (Phi) is 5.90. The van der Waals surface area contributed by atoms with Gasteiger partial charge in [0.05, 0.1) is 11.6 Å². The van der Waals surface area contributed by atoms with Crippen LogP contribution in [0.4, 0.5) is 0 Å². The molecule has 0 aromatic heterocycles. The Labute approximate surface area is 132 Å². The Bertz CT molecular complexity index is 589. The number of benzene rings is 2. The summed E-state index contributed by atoms with van der Waals surface area (Å²) in [6.07, 6.45) is 0. The van der Waals surface area contributed by atoms with E-state index in [1.54, 1.807) is 7.11 Å². The third kappa shape index (κ3) is 4.12. The maximum Gasteiger partial charge on any atom is 0.161 e. The summed E-state index contributed by atoms with van der Waals surface area (Å²) in [5.74, 6) is 2.18. The Hall–Kier alpha value is -1.72. The summed E-state index contributed by atoms with van der Waals surface area (Å²) < 4.78 is 17.5. The highest BCUT2D eigenvalue weighted by molar-refractivity contribution is 9.10. The minimum atomic E-state index is 0.422. The van der Waals surface area contributed by atoms with Crippen molar-refractivity contribution in [3.8, 4) is 17.2 Å². The molecular formula is C16H18BrNO3. The van der Waals surface area contributed by atoms with Crippen LogP contribution in [0.3, 0.4) is 0 Å². The van der Waals surface area contributed by atoms with Gasteiger partial charge in [-0.1, -0.05) is 24.3 Å². The van der Waals surface area contributed by atoms with Crippen LogP contribution < -0.4 is 19.9 Å². The van der Waals surface area contributed by atoms with E-state index in [9.17, 15) is 0 Å². The van der Waals surface area contributed by atoms with E-state index in [0.717, 1.165) is 15.8 Å². The number of hydrogen-bond acceptors (Lipinski definition) is 4. The summed E-state index contributed by atoms with van der Waals surface area (Å²) in [6.45, 7) is 1.28. The van der Waals surface area contributed by atoms with Crippen LogP contribution >= 0.6 is 15.9 Å². The largest absolute Gasteiger partial charge is 0.493 e. The zero-order valence-electron chi connectivity index (χ0n) is 11.8. The molecule has 0 saturated heterocycles. The van der Waals surface area contributed by atoms with Crippen LogP contribution in [-0.4, -0.2) is 20.3 Å². The molecule has 0 saturated carbocycles. The molecule has 21 heavy (non-hydrogen) atoms. The van der Waals surface area contributed by atoms with Gasteiger partial charge in [0.15, 0.2) is 11.5 Å². The molecule has 0 aliphatic carbocycles. The first-order valence-electron chi connectivity index (χ1n) is 6.62. The van der Waals surface area contributed by atoms with Crippen LogP contribution in [0.1, 0.15) is 5.56 Å².